The van der Waals surface area contributed by atoms with Crippen molar-refractivity contribution in [3.8, 4) is 17.0 Å². The fourth-order valence-corrected chi connectivity index (χ4v) is 3.14. The molecule has 1 fully saturated rings. The molecule has 0 bridgehead atoms. The summed E-state index contributed by atoms with van der Waals surface area (Å²) in [5.41, 5.74) is 1.18. The zero-order valence-electron chi connectivity index (χ0n) is 15.6. The molecule has 4 rings (SSSR count). The van der Waals surface area contributed by atoms with Crippen LogP contribution in [0.15, 0.2) is 55.1 Å². The molecule has 1 aliphatic heterocycles. The second-order valence-corrected chi connectivity index (χ2v) is 6.66. The van der Waals surface area contributed by atoms with Crippen molar-refractivity contribution in [3.05, 3.63) is 66.6 Å². The number of pyridine rings is 3. The van der Waals surface area contributed by atoms with Crippen LogP contribution in [-0.2, 0) is 0 Å². The first kappa shape index (κ1) is 18.9. The van der Waals surface area contributed by atoms with Gasteiger partial charge in [-0.25, -0.2) is 9.37 Å². The topological polar surface area (TPSA) is 89.0 Å². The minimum atomic E-state index is -0.510. The fraction of sp³-hybridized carbons (Fsp3) is 0.238. The molecule has 3 aromatic rings. The Morgan fingerprint density at radius 1 is 1.07 bits per heavy atom. The molecule has 8 heteroatoms. The maximum absolute atomic E-state index is 14.2. The van der Waals surface area contributed by atoms with Crippen molar-refractivity contribution in [2.45, 2.75) is 18.9 Å². The van der Waals surface area contributed by atoms with Crippen LogP contribution in [0.3, 0.4) is 0 Å². The van der Waals surface area contributed by atoms with E-state index in [1.165, 1.54) is 18.3 Å². The Balaban J connectivity index is 1.54. The summed E-state index contributed by atoms with van der Waals surface area (Å²) in [4.78, 5) is 24.9. The SMILES string of the molecule is O=C(Nc1cnccc1OC1CCNCC1)c1ccc(F)c(-c2ccncc2)n1. The number of aromatic nitrogens is 3. The van der Waals surface area contributed by atoms with E-state index in [1.807, 2.05) is 0 Å². The van der Waals surface area contributed by atoms with E-state index in [4.69, 9.17) is 4.74 Å². The molecule has 0 aromatic carbocycles. The number of nitrogens with zero attached hydrogens (tertiary/aromatic N) is 3. The molecule has 1 amide bonds. The number of anilines is 1. The van der Waals surface area contributed by atoms with Crippen LogP contribution in [0.1, 0.15) is 23.3 Å². The predicted octanol–water partition coefficient (Wildman–Crippen LogP) is 3.06. The quantitative estimate of drug-likeness (QED) is 0.693. The van der Waals surface area contributed by atoms with Gasteiger partial charge in [0.1, 0.15) is 34.7 Å². The zero-order valence-corrected chi connectivity index (χ0v) is 15.6. The van der Waals surface area contributed by atoms with Crippen LogP contribution in [0.5, 0.6) is 5.75 Å². The molecule has 3 aromatic heterocycles. The van der Waals surface area contributed by atoms with E-state index in [0.29, 0.717) is 17.0 Å². The van der Waals surface area contributed by atoms with E-state index in [0.717, 1.165) is 25.9 Å². The highest BCUT2D eigenvalue weighted by molar-refractivity contribution is 6.03. The lowest BCUT2D eigenvalue weighted by Crippen LogP contribution is -2.34. The van der Waals surface area contributed by atoms with Crippen molar-refractivity contribution >= 4 is 11.6 Å². The monoisotopic (exact) mass is 393 g/mol. The van der Waals surface area contributed by atoms with Crippen molar-refractivity contribution in [2.24, 2.45) is 0 Å². The zero-order chi connectivity index (χ0) is 20.1. The van der Waals surface area contributed by atoms with E-state index in [-0.39, 0.29) is 17.5 Å². The van der Waals surface area contributed by atoms with Gasteiger partial charge in [-0.2, -0.15) is 0 Å². The Bertz CT molecular complexity index is 993. The van der Waals surface area contributed by atoms with E-state index in [1.54, 1.807) is 36.8 Å². The molecular formula is C21H20FN5O2. The van der Waals surface area contributed by atoms with Crippen molar-refractivity contribution in [3.63, 3.8) is 0 Å². The average Bonchev–Trinajstić information content (AvgIpc) is 2.77. The standard InChI is InChI=1S/C21H20FN5O2/c22-16-1-2-17(26-20(16)14-3-8-23-9-4-14)21(28)27-18-13-25-12-7-19(18)29-15-5-10-24-11-6-15/h1-4,7-9,12-13,15,24H,5-6,10-11H2,(H,27,28). The predicted molar refractivity (Wildman–Crippen MR) is 106 cm³/mol. The molecule has 0 unspecified atom stereocenters. The van der Waals surface area contributed by atoms with Crippen LogP contribution in [0.4, 0.5) is 10.1 Å². The molecule has 4 heterocycles. The highest BCUT2D eigenvalue weighted by atomic mass is 19.1. The molecule has 0 aliphatic carbocycles. The molecule has 2 N–H and O–H groups in total. The summed E-state index contributed by atoms with van der Waals surface area (Å²) < 4.78 is 20.3. The lowest BCUT2D eigenvalue weighted by atomic mass is 10.1. The highest BCUT2D eigenvalue weighted by Gasteiger charge is 2.18. The van der Waals surface area contributed by atoms with Crippen LogP contribution in [0, 0.1) is 5.82 Å². The van der Waals surface area contributed by atoms with Crippen LogP contribution in [0.25, 0.3) is 11.3 Å². The van der Waals surface area contributed by atoms with Crippen LogP contribution in [0.2, 0.25) is 0 Å². The first-order valence-corrected chi connectivity index (χ1v) is 9.40. The number of hydrogen-bond donors (Lipinski definition) is 2. The van der Waals surface area contributed by atoms with Gasteiger partial charge in [0.15, 0.2) is 0 Å². The third-order valence-corrected chi connectivity index (χ3v) is 4.64. The molecule has 148 valence electrons. The van der Waals surface area contributed by atoms with Crippen LogP contribution < -0.4 is 15.4 Å². The molecule has 1 aliphatic rings. The number of rotatable bonds is 5. The van der Waals surface area contributed by atoms with Gasteiger partial charge in [-0.3, -0.25) is 14.8 Å². The van der Waals surface area contributed by atoms with Gasteiger partial charge in [-0.15, -0.1) is 0 Å². The summed E-state index contributed by atoms with van der Waals surface area (Å²) in [6.45, 7) is 1.80. The molecule has 0 saturated carbocycles. The Morgan fingerprint density at radius 2 is 1.83 bits per heavy atom. The Hall–Kier alpha value is -3.39. The molecule has 0 atom stereocenters. The van der Waals surface area contributed by atoms with Gasteiger partial charge < -0.3 is 15.4 Å². The second-order valence-electron chi connectivity index (χ2n) is 6.66. The van der Waals surface area contributed by atoms with E-state index >= 15 is 0 Å². The number of ether oxygens (including phenoxy) is 1. The largest absolute Gasteiger partial charge is 0.488 e. The Labute approximate surface area is 167 Å². The Morgan fingerprint density at radius 3 is 2.62 bits per heavy atom. The summed E-state index contributed by atoms with van der Waals surface area (Å²) >= 11 is 0. The van der Waals surface area contributed by atoms with Gasteiger partial charge >= 0.3 is 0 Å². The lowest BCUT2D eigenvalue weighted by Gasteiger charge is -2.24. The van der Waals surface area contributed by atoms with Crippen molar-refractivity contribution in [1.82, 2.24) is 20.3 Å². The summed E-state index contributed by atoms with van der Waals surface area (Å²) in [5, 5.41) is 6.06. The summed E-state index contributed by atoms with van der Waals surface area (Å²) in [5.74, 6) is -0.427. The molecule has 0 radical (unpaired) electrons. The number of amides is 1. The Kier molecular flexibility index (Phi) is 5.71. The van der Waals surface area contributed by atoms with Gasteiger partial charge in [0.25, 0.3) is 5.91 Å². The van der Waals surface area contributed by atoms with E-state index in [2.05, 4.69) is 25.6 Å². The molecule has 1 saturated heterocycles. The summed E-state index contributed by atoms with van der Waals surface area (Å²) in [7, 11) is 0. The first-order chi connectivity index (χ1) is 14.2. The fourth-order valence-electron chi connectivity index (χ4n) is 3.14. The first-order valence-electron chi connectivity index (χ1n) is 9.40. The lowest BCUT2D eigenvalue weighted by molar-refractivity contribution is 0.102. The van der Waals surface area contributed by atoms with Gasteiger partial charge in [0, 0.05) is 30.2 Å². The van der Waals surface area contributed by atoms with Gasteiger partial charge in [-0.05, 0) is 50.2 Å². The molecule has 7 nitrogen and oxygen atoms in total. The summed E-state index contributed by atoms with van der Waals surface area (Å²) in [6.07, 6.45) is 8.10. The van der Waals surface area contributed by atoms with Crippen LogP contribution in [-0.4, -0.2) is 40.1 Å². The minimum Gasteiger partial charge on any atom is -0.488 e. The number of halogens is 1. The number of carbonyl (C=O) groups excluding carboxylic acids is 1. The van der Waals surface area contributed by atoms with Gasteiger partial charge in [0.2, 0.25) is 0 Å². The average molecular weight is 393 g/mol. The van der Waals surface area contributed by atoms with Crippen LogP contribution >= 0.6 is 0 Å². The number of piperidine rings is 1. The number of nitrogens with one attached hydrogen (secondary N) is 2. The van der Waals surface area contributed by atoms with E-state index in [9.17, 15) is 9.18 Å². The van der Waals surface area contributed by atoms with Crippen molar-refractivity contribution in [1.29, 1.82) is 0 Å². The number of hydrogen-bond acceptors (Lipinski definition) is 6. The summed E-state index contributed by atoms with van der Waals surface area (Å²) in [6, 6.07) is 7.57. The maximum Gasteiger partial charge on any atom is 0.274 e. The third kappa shape index (κ3) is 4.55. The van der Waals surface area contributed by atoms with Gasteiger partial charge in [-0.1, -0.05) is 0 Å². The minimum absolute atomic E-state index is 0.0801. The maximum atomic E-state index is 14.2. The van der Waals surface area contributed by atoms with Crippen molar-refractivity contribution < 1.29 is 13.9 Å². The van der Waals surface area contributed by atoms with Crippen molar-refractivity contribution in [2.75, 3.05) is 18.4 Å². The smallest absolute Gasteiger partial charge is 0.274 e. The highest BCUT2D eigenvalue weighted by Crippen LogP contribution is 2.26. The number of carbonyl (C=O) groups is 1. The van der Waals surface area contributed by atoms with Gasteiger partial charge in [0.05, 0.1) is 6.20 Å². The normalized spacial score (nSPS) is 14.4. The second kappa shape index (κ2) is 8.74. The third-order valence-electron chi connectivity index (χ3n) is 4.64. The molecule has 29 heavy (non-hydrogen) atoms. The van der Waals surface area contributed by atoms with E-state index < -0.39 is 11.7 Å². The molecular weight excluding hydrogens is 373 g/mol. The molecule has 0 spiro atoms.